The molecule has 0 atom stereocenters. The van der Waals surface area contributed by atoms with Crippen molar-refractivity contribution in [2.45, 2.75) is 18.2 Å². The van der Waals surface area contributed by atoms with Crippen molar-refractivity contribution in [3.63, 3.8) is 0 Å². The third-order valence-corrected chi connectivity index (χ3v) is 7.52. The normalized spacial score (nSPS) is 14.3. The Morgan fingerprint density at radius 3 is 2.75 bits per heavy atom. The number of hydrogen-bond acceptors (Lipinski definition) is 6. The first-order valence-electron chi connectivity index (χ1n) is 10.6. The number of amides is 1. The average Bonchev–Trinajstić information content (AvgIpc) is 3.23. The molecule has 32 heavy (non-hydrogen) atoms. The van der Waals surface area contributed by atoms with Crippen molar-refractivity contribution in [3.8, 4) is 0 Å². The second-order valence-electron chi connectivity index (χ2n) is 7.28. The van der Waals surface area contributed by atoms with E-state index >= 15 is 0 Å². The van der Waals surface area contributed by atoms with Crippen LogP contribution in [0.3, 0.4) is 0 Å². The quantitative estimate of drug-likeness (QED) is 0.354. The number of thiazole rings is 1. The third-order valence-electron chi connectivity index (χ3n) is 5.21. The summed E-state index contributed by atoms with van der Waals surface area (Å²) in [7, 11) is 0. The zero-order valence-corrected chi connectivity index (χ0v) is 21.2. The molecule has 0 spiro atoms. The first-order valence-corrected chi connectivity index (χ1v) is 12.7. The molecule has 4 rings (SSSR count). The number of rotatable bonds is 8. The Morgan fingerprint density at radius 1 is 1.22 bits per heavy atom. The summed E-state index contributed by atoms with van der Waals surface area (Å²) < 4.78 is 6.43. The Balaban J connectivity index is 0.00000289. The maximum atomic E-state index is 13.7. The summed E-state index contributed by atoms with van der Waals surface area (Å²) in [5, 5.41) is 1.31. The lowest BCUT2D eigenvalue weighted by molar-refractivity contribution is 0.0376. The smallest absolute Gasteiger partial charge is 0.261 e. The zero-order chi connectivity index (χ0) is 21.6. The highest BCUT2D eigenvalue weighted by atomic mass is 35.5. The molecule has 5 nitrogen and oxygen atoms in total. The molecule has 0 aliphatic carbocycles. The summed E-state index contributed by atoms with van der Waals surface area (Å²) in [5.41, 5.74) is 1.48. The minimum atomic E-state index is -0.00583. The summed E-state index contributed by atoms with van der Waals surface area (Å²) in [4.78, 5) is 23.7. The van der Waals surface area contributed by atoms with Gasteiger partial charge in [0.25, 0.3) is 5.91 Å². The molecule has 0 bridgehead atoms. The third kappa shape index (κ3) is 5.95. The lowest BCUT2D eigenvalue weighted by Crippen LogP contribution is -2.39. The maximum Gasteiger partial charge on any atom is 0.261 e. The van der Waals surface area contributed by atoms with Crippen molar-refractivity contribution >= 4 is 68.4 Å². The van der Waals surface area contributed by atoms with E-state index in [0.29, 0.717) is 16.7 Å². The van der Waals surface area contributed by atoms with E-state index in [2.05, 4.69) is 11.8 Å². The van der Waals surface area contributed by atoms with Gasteiger partial charge in [-0.15, -0.1) is 24.2 Å². The Hall–Kier alpha value is -1.35. The van der Waals surface area contributed by atoms with Gasteiger partial charge in [-0.25, -0.2) is 4.98 Å². The molecule has 2 aromatic carbocycles. The molecule has 2 heterocycles. The van der Waals surface area contributed by atoms with Gasteiger partial charge in [0.2, 0.25) is 0 Å². The molecule has 0 unspecified atom stereocenters. The molecule has 1 fully saturated rings. The maximum absolute atomic E-state index is 13.7. The fraction of sp³-hybridized carbons (Fsp3) is 0.391. The number of para-hydroxylation sites is 1. The van der Waals surface area contributed by atoms with E-state index in [9.17, 15) is 4.79 Å². The van der Waals surface area contributed by atoms with E-state index in [1.807, 2.05) is 47.4 Å². The number of carbonyl (C=O) groups is 1. The number of thioether (sulfide) groups is 1. The van der Waals surface area contributed by atoms with Crippen LogP contribution in [0.25, 0.3) is 10.2 Å². The number of halogens is 2. The molecule has 0 saturated carbocycles. The van der Waals surface area contributed by atoms with Crippen molar-refractivity contribution in [1.29, 1.82) is 0 Å². The largest absolute Gasteiger partial charge is 0.379 e. The number of nitrogens with zero attached hydrogens (tertiary/aromatic N) is 3. The van der Waals surface area contributed by atoms with Crippen LogP contribution in [0.5, 0.6) is 0 Å². The second kappa shape index (κ2) is 12.2. The molecular weight excluding hydrogens is 485 g/mol. The highest BCUT2D eigenvalue weighted by molar-refractivity contribution is 7.99. The number of aromatic nitrogens is 1. The van der Waals surface area contributed by atoms with Gasteiger partial charge < -0.3 is 4.74 Å². The van der Waals surface area contributed by atoms with Crippen molar-refractivity contribution < 1.29 is 9.53 Å². The molecule has 1 aliphatic rings. The number of fused-ring (bicyclic) bond motifs is 1. The monoisotopic (exact) mass is 511 g/mol. The highest BCUT2D eigenvalue weighted by Gasteiger charge is 2.24. The van der Waals surface area contributed by atoms with Gasteiger partial charge in [0.05, 0.1) is 28.5 Å². The molecule has 9 heteroatoms. The first-order chi connectivity index (χ1) is 15.2. The second-order valence-corrected chi connectivity index (χ2v) is 10.00. The molecule has 3 aromatic rings. The predicted octanol–water partition coefficient (Wildman–Crippen LogP) is 5.85. The van der Waals surface area contributed by atoms with E-state index in [4.69, 9.17) is 21.3 Å². The average molecular weight is 513 g/mol. The predicted molar refractivity (Wildman–Crippen MR) is 138 cm³/mol. The van der Waals surface area contributed by atoms with Gasteiger partial charge in [0, 0.05) is 31.1 Å². The Morgan fingerprint density at radius 2 is 2.00 bits per heavy atom. The number of morpholine rings is 1. The van der Waals surface area contributed by atoms with E-state index in [-0.39, 0.29) is 18.3 Å². The van der Waals surface area contributed by atoms with Crippen molar-refractivity contribution in [2.24, 2.45) is 0 Å². The Labute approximate surface area is 208 Å². The number of anilines is 1. The fourth-order valence-electron chi connectivity index (χ4n) is 3.65. The minimum absolute atomic E-state index is 0. The number of hydrogen-bond donors (Lipinski definition) is 0. The molecule has 1 aliphatic heterocycles. The summed E-state index contributed by atoms with van der Waals surface area (Å²) in [6.45, 7) is 7.09. The van der Waals surface area contributed by atoms with Crippen molar-refractivity contribution in [2.75, 3.05) is 50.0 Å². The Kier molecular flexibility index (Phi) is 9.64. The van der Waals surface area contributed by atoms with E-state index in [1.165, 1.54) is 11.3 Å². The van der Waals surface area contributed by atoms with Gasteiger partial charge in [0.1, 0.15) is 5.52 Å². The standard InChI is InChI=1S/C23H26ClN3O2S2.ClH/c1-2-30-19-9-4-3-7-17(19)22(28)27(12-6-11-26-13-15-29-16-14-26)23-25-21-18(24)8-5-10-20(21)31-23;/h3-5,7-10H,2,6,11-16H2,1H3;1H. The summed E-state index contributed by atoms with van der Waals surface area (Å²) >= 11 is 9.57. The van der Waals surface area contributed by atoms with Crippen LogP contribution in [0.15, 0.2) is 47.4 Å². The summed E-state index contributed by atoms with van der Waals surface area (Å²) in [5.74, 6) is 0.909. The van der Waals surface area contributed by atoms with Crippen molar-refractivity contribution in [1.82, 2.24) is 9.88 Å². The molecule has 1 amide bonds. The van der Waals surface area contributed by atoms with Gasteiger partial charge in [-0.1, -0.05) is 48.1 Å². The lowest BCUT2D eigenvalue weighted by Gasteiger charge is -2.28. The van der Waals surface area contributed by atoms with Crippen LogP contribution in [0, 0.1) is 0 Å². The topological polar surface area (TPSA) is 45.7 Å². The fourth-order valence-corrected chi connectivity index (χ4v) is 5.74. The minimum Gasteiger partial charge on any atom is -0.379 e. The van der Waals surface area contributed by atoms with Crippen LogP contribution >= 0.6 is 47.1 Å². The molecule has 1 saturated heterocycles. The van der Waals surface area contributed by atoms with E-state index < -0.39 is 0 Å². The molecule has 1 aromatic heterocycles. The van der Waals surface area contributed by atoms with Crippen LogP contribution in [-0.2, 0) is 4.74 Å². The molecular formula is C23H27Cl2N3O2S2. The Bertz CT molecular complexity index is 1040. The SMILES string of the molecule is CCSc1ccccc1C(=O)N(CCCN1CCOCC1)c1nc2c(Cl)cccc2s1.Cl. The van der Waals surface area contributed by atoms with Crippen LogP contribution in [0.1, 0.15) is 23.7 Å². The molecule has 0 radical (unpaired) electrons. The van der Waals surface area contributed by atoms with Crippen LogP contribution in [-0.4, -0.2) is 60.9 Å². The number of ether oxygens (including phenoxy) is 1. The summed E-state index contributed by atoms with van der Waals surface area (Å²) in [6.07, 6.45) is 0.873. The van der Waals surface area contributed by atoms with E-state index in [1.54, 1.807) is 11.8 Å². The first kappa shape index (κ1) is 25.3. The van der Waals surface area contributed by atoms with Gasteiger partial charge in [0.15, 0.2) is 5.13 Å². The van der Waals surface area contributed by atoms with Crippen LogP contribution in [0.4, 0.5) is 5.13 Å². The zero-order valence-electron chi connectivity index (χ0n) is 18.0. The van der Waals surface area contributed by atoms with Gasteiger partial charge in [-0.3, -0.25) is 14.6 Å². The van der Waals surface area contributed by atoms with Gasteiger partial charge in [-0.2, -0.15) is 0 Å². The highest BCUT2D eigenvalue weighted by Crippen LogP contribution is 2.34. The molecule has 0 N–H and O–H groups in total. The van der Waals surface area contributed by atoms with E-state index in [0.717, 1.165) is 65.7 Å². The molecule has 172 valence electrons. The number of carbonyl (C=O) groups excluding carboxylic acids is 1. The summed E-state index contributed by atoms with van der Waals surface area (Å²) in [6, 6.07) is 13.6. The number of benzene rings is 2. The van der Waals surface area contributed by atoms with Gasteiger partial charge in [-0.05, 0) is 36.4 Å². The lowest BCUT2D eigenvalue weighted by atomic mass is 10.2. The van der Waals surface area contributed by atoms with Crippen LogP contribution < -0.4 is 4.90 Å². The van der Waals surface area contributed by atoms with Crippen LogP contribution in [0.2, 0.25) is 5.02 Å². The van der Waals surface area contributed by atoms with Crippen molar-refractivity contribution in [3.05, 3.63) is 53.1 Å². The van der Waals surface area contributed by atoms with Gasteiger partial charge >= 0.3 is 0 Å².